The molecule has 1 unspecified atom stereocenters. The molecule has 0 saturated carbocycles. The van der Waals surface area contributed by atoms with Gasteiger partial charge in [0, 0.05) is 6.42 Å². The number of amides is 3. The Kier molecular flexibility index (Phi) is 3.77. The highest BCUT2D eigenvalue weighted by molar-refractivity contribution is 7.18. The van der Waals surface area contributed by atoms with E-state index >= 15 is 0 Å². The van der Waals surface area contributed by atoms with Crippen molar-refractivity contribution in [1.29, 1.82) is 0 Å². The maximum atomic E-state index is 13.1. The Morgan fingerprint density at radius 3 is 2.86 bits per heavy atom. The number of urea groups is 1. The number of benzene rings is 2. The molecule has 2 aliphatic heterocycles. The molecule has 0 aliphatic carbocycles. The highest BCUT2D eigenvalue weighted by Crippen LogP contribution is 2.34. The van der Waals surface area contributed by atoms with Crippen LogP contribution in [0.1, 0.15) is 17.5 Å². The van der Waals surface area contributed by atoms with E-state index in [1.807, 2.05) is 42.5 Å². The molecule has 0 bridgehead atoms. The minimum absolute atomic E-state index is 0.167. The van der Waals surface area contributed by atoms with E-state index in [0.717, 1.165) is 20.8 Å². The number of carbonyl (C=O) groups excluding carboxylic acids is 2. The van der Waals surface area contributed by atoms with Gasteiger partial charge in [-0.2, -0.15) is 0 Å². The van der Waals surface area contributed by atoms with Crippen LogP contribution in [-0.4, -0.2) is 34.2 Å². The second-order valence-electron chi connectivity index (χ2n) is 7.09. The van der Waals surface area contributed by atoms with Crippen molar-refractivity contribution < 1.29 is 19.1 Å². The van der Waals surface area contributed by atoms with Crippen molar-refractivity contribution in [1.82, 2.24) is 15.2 Å². The summed E-state index contributed by atoms with van der Waals surface area (Å²) in [7, 11) is 0. The lowest BCUT2D eigenvalue weighted by Gasteiger charge is -2.21. The van der Waals surface area contributed by atoms with Crippen LogP contribution in [0.3, 0.4) is 0 Å². The topological polar surface area (TPSA) is 80.8 Å². The summed E-state index contributed by atoms with van der Waals surface area (Å²) in [4.78, 5) is 31.4. The molecule has 2 aromatic carbocycles. The Hall–Kier alpha value is -3.13. The van der Waals surface area contributed by atoms with Gasteiger partial charge in [0.1, 0.15) is 10.5 Å². The SMILES string of the molecule is CC1(Cc2ccc3c(c2)OCO3)NC(=O)N(Cc2nc3ccccc3s2)C1=O. The molecule has 1 saturated heterocycles. The van der Waals surface area contributed by atoms with Gasteiger partial charge < -0.3 is 14.8 Å². The second-order valence-corrected chi connectivity index (χ2v) is 8.21. The third-order valence-corrected chi connectivity index (χ3v) is 5.99. The van der Waals surface area contributed by atoms with Crippen molar-refractivity contribution in [2.45, 2.75) is 25.4 Å². The fourth-order valence-corrected chi connectivity index (χ4v) is 4.55. The van der Waals surface area contributed by atoms with Crippen molar-refractivity contribution >= 4 is 33.5 Å². The summed E-state index contributed by atoms with van der Waals surface area (Å²) in [5.41, 5.74) is 0.751. The quantitative estimate of drug-likeness (QED) is 0.687. The summed E-state index contributed by atoms with van der Waals surface area (Å²) in [5.74, 6) is 1.09. The van der Waals surface area contributed by atoms with Crippen LogP contribution in [0, 0.1) is 0 Å². The Morgan fingerprint density at radius 2 is 2.00 bits per heavy atom. The van der Waals surface area contributed by atoms with Crippen LogP contribution in [-0.2, 0) is 17.8 Å². The molecule has 3 aromatic rings. The average molecular weight is 395 g/mol. The first-order valence-corrected chi connectivity index (χ1v) is 9.71. The predicted octanol–water partition coefficient (Wildman–Crippen LogP) is 3.08. The summed E-state index contributed by atoms with van der Waals surface area (Å²) in [6, 6.07) is 12.9. The number of nitrogens with one attached hydrogen (secondary N) is 1. The number of thiazole rings is 1. The Bertz CT molecular complexity index is 1080. The number of aromatic nitrogens is 1. The molecular formula is C20H17N3O4S. The minimum atomic E-state index is -1.01. The van der Waals surface area contributed by atoms with Crippen LogP contribution >= 0.6 is 11.3 Å². The van der Waals surface area contributed by atoms with Gasteiger partial charge in [0.15, 0.2) is 11.5 Å². The number of hydrogen-bond donors (Lipinski definition) is 1. The van der Waals surface area contributed by atoms with Crippen LogP contribution in [0.15, 0.2) is 42.5 Å². The van der Waals surface area contributed by atoms with Gasteiger partial charge in [0.2, 0.25) is 6.79 Å². The molecule has 8 heteroatoms. The van der Waals surface area contributed by atoms with Gasteiger partial charge in [-0.15, -0.1) is 11.3 Å². The van der Waals surface area contributed by atoms with Gasteiger partial charge in [-0.05, 0) is 36.8 Å². The maximum Gasteiger partial charge on any atom is 0.325 e. The lowest BCUT2D eigenvalue weighted by atomic mass is 9.92. The van der Waals surface area contributed by atoms with E-state index in [0.29, 0.717) is 17.9 Å². The van der Waals surface area contributed by atoms with Gasteiger partial charge in [-0.25, -0.2) is 9.78 Å². The summed E-state index contributed by atoms with van der Waals surface area (Å²) >= 11 is 1.49. The molecule has 1 fully saturated rings. The third kappa shape index (κ3) is 2.77. The first-order valence-electron chi connectivity index (χ1n) is 8.89. The van der Waals surface area contributed by atoms with E-state index in [-0.39, 0.29) is 19.2 Å². The predicted molar refractivity (Wildman–Crippen MR) is 103 cm³/mol. The highest BCUT2D eigenvalue weighted by Gasteiger charge is 2.48. The fraction of sp³-hybridized carbons (Fsp3) is 0.250. The molecule has 1 atom stereocenters. The second kappa shape index (κ2) is 6.20. The molecule has 7 nitrogen and oxygen atoms in total. The van der Waals surface area contributed by atoms with Crippen LogP contribution in [0.25, 0.3) is 10.2 Å². The minimum Gasteiger partial charge on any atom is -0.454 e. The smallest absolute Gasteiger partial charge is 0.325 e. The molecule has 3 heterocycles. The van der Waals surface area contributed by atoms with Gasteiger partial charge in [-0.3, -0.25) is 9.69 Å². The van der Waals surface area contributed by atoms with Crippen molar-refractivity contribution in [3.05, 3.63) is 53.0 Å². The van der Waals surface area contributed by atoms with E-state index in [1.54, 1.807) is 6.92 Å². The van der Waals surface area contributed by atoms with Crippen molar-refractivity contribution in [2.24, 2.45) is 0 Å². The molecule has 28 heavy (non-hydrogen) atoms. The molecule has 0 spiro atoms. The van der Waals surface area contributed by atoms with Gasteiger partial charge in [-0.1, -0.05) is 18.2 Å². The first-order chi connectivity index (χ1) is 13.5. The van der Waals surface area contributed by atoms with Crippen LogP contribution in [0.2, 0.25) is 0 Å². The average Bonchev–Trinajstić information content (AvgIpc) is 3.35. The largest absolute Gasteiger partial charge is 0.454 e. The van der Waals surface area contributed by atoms with E-state index in [9.17, 15) is 9.59 Å². The number of imide groups is 1. The third-order valence-electron chi connectivity index (χ3n) is 4.97. The molecule has 142 valence electrons. The normalized spacial score (nSPS) is 20.8. The Balaban J connectivity index is 1.37. The van der Waals surface area contributed by atoms with Gasteiger partial charge in [0.05, 0.1) is 16.8 Å². The molecule has 3 amide bonds. The lowest BCUT2D eigenvalue weighted by molar-refractivity contribution is -0.131. The fourth-order valence-electron chi connectivity index (χ4n) is 3.59. The summed E-state index contributed by atoms with van der Waals surface area (Å²) in [5, 5.41) is 3.58. The molecule has 0 radical (unpaired) electrons. The van der Waals surface area contributed by atoms with E-state index < -0.39 is 11.6 Å². The van der Waals surface area contributed by atoms with Crippen LogP contribution in [0.5, 0.6) is 11.5 Å². The van der Waals surface area contributed by atoms with Crippen molar-refractivity contribution in [3.8, 4) is 11.5 Å². The first kappa shape index (κ1) is 17.0. The lowest BCUT2D eigenvalue weighted by Crippen LogP contribution is -2.45. The van der Waals surface area contributed by atoms with Crippen molar-refractivity contribution in [3.63, 3.8) is 0 Å². The van der Waals surface area contributed by atoms with Gasteiger partial charge >= 0.3 is 6.03 Å². The molecule has 1 aromatic heterocycles. The zero-order valence-electron chi connectivity index (χ0n) is 15.1. The molecule has 1 N–H and O–H groups in total. The number of carbonyl (C=O) groups is 2. The van der Waals surface area contributed by atoms with Crippen LogP contribution < -0.4 is 14.8 Å². The Labute approximate surface area is 164 Å². The zero-order valence-corrected chi connectivity index (χ0v) is 15.9. The monoisotopic (exact) mass is 395 g/mol. The number of nitrogens with zero attached hydrogens (tertiary/aromatic N) is 2. The molecule has 2 aliphatic rings. The van der Waals surface area contributed by atoms with E-state index in [4.69, 9.17) is 9.47 Å². The maximum absolute atomic E-state index is 13.1. The van der Waals surface area contributed by atoms with E-state index in [1.165, 1.54) is 16.2 Å². The van der Waals surface area contributed by atoms with Crippen LogP contribution in [0.4, 0.5) is 4.79 Å². The highest BCUT2D eigenvalue weighted by atomic mass is 32.1. The standard InChI is InChI=1S/C20H17N3O4S/c1-20(9-12-6-7-14-15(8-12)27-11-26-14)18(24)23(19(25)22-20)10-17-21-13-4-2-3-5-16(13)28-17/h2-8H,9-11H2,1H3,(H,22,25). The van der Waals surface area contributed by atoms with Crippen molar-refractivity contribution in [2.75, 3.05) is 6.79 Å². The zero-order chi connectivity index (χ0) is 19.3. The number of hydrogen-bond acceptors (Lipinski definition) is 6. The molecule has 5 rings (SSSR count). The van der Waals surface area contributed by atoms with E-state index in [2.05, 4.69) is 10.3 Å². The number of ether oxygens (including phenoxy) is 2. The van der Waals surface area contributed by atoms with Gasteiger partial charge in [0.25, 0.3) is 5.91 Å². The summed E-state index contributed by atoms with van der Waals surface area (Å²) in [6.45, 7) is 2.11. The number of para-hydroxylation sites is 1. The summed E-state index contributed by atoms with van der Waals surface area (Å²) < 4.78 is 11.8. The number of rotatable bonds is 4. The Morgan fingerprint density at radius 1 is 1.18 bits per heavy atom. The number of fused-ring (bicyclic) bond motifs is 2. The summed E-state index contributed by atoms with van der Waals surface area (Å²) in [6.07, 6.45) is 0.366. The molecular weight excluding hydrogens is 378 g/mol.